The van der Waals surface area contributed by atoms with E-state index in [9.17, 15) is 5.11 Å². The highest BCUT2D eigenvalue weighted by molar-refractivity contribution is 7.98. The van der Waals surface area contributed by atoms with Gasteiger partial charge in [0.15, 0.2) is 0 Å². The van der Waals surface area contributed by atoms with E-state index in [0.29, 0.717) is 10.9 Å². The summed E-state index contributed by atoms with van der Waals surface area (Å²) in [6.07, 6.45) is 2.96. The second-order valence-corrected chi connectivity index (χ2v) is 7.53. The maximum Gasteiger partial charge on any atom is 0.221 e. The van der Waals surface area contributed by atoms with Gasteiger partial charge in [-0.05, 0) is 68.5 Å². The molecule has 2 aromatic rings. The van der Waals surface area contributed by atoms with Gasteiger partial charge in [-0.15, -0.1) is 0 Å². The van der Waals surface area contributed by atoms with Gasteiger partial charge in [0.05, 0.1) is 6.61 Å². The first-order valence-corrected chi connectivity index (χ1v) is 9.99. The van der Waals surface area contributed by atoms with Gasteiger partial charge in [-0.1, -0.05) is 11.6 Å². The molecule has 0 fully saturated rings. The molecule has 25 heavy (non-hydrogen) atoms. The van der Waals surface area contributed by atoms with Gasteiger partial charge < -0.3 is 15.2 Å². The number of benzene rings is 1. The van der Waals surface area contributed by atoms with E-state index in [-0.39, 0.29) is 12.6 Å². The Morgan fingerprint density at radius 3 is 2.48 bits per heavy atom. The molecule has 0 saturated heterocycles. The zero-order valence-electron chi connectivity index (χ0n) is 15.1. The minimum Gasteiger partial charge on any atom is -0.438 e. The second-order valence-electron chi connectivity index (χ2n) is 6.11. The van der Waals surface area contributed by atoms with Crippen LogP contribution >= 0.6 is 23.4 Å². The van der Waals surface area contributed by atoms with E-state index < -0.39 is 0 Å². The summed E-state index contributed by atoms with van der Waals surface area (Å²) in [5.74, 6) is 2.29. The van der Waals surface area contributed by atoms with Crippen LogP contribution in [0, 0.1) is 20.8 Å². The van der Waals surface area contributed by atoms with Crippen molar-refractivity contribution in [2.24, 2.45) is 0 Å². The Morgan fingerprint density at radius 2 is 1.88 bits per heavy atom. The summed E-state index contributed by atoms with van der Waals surface area (Å²) in [4.78, 5) is 4.47. The highest BCUT2D eigenvalue weighted by Gasteiger charge is 2.12. The molecule has 6 heteroatoms. The summed E-state index contributed by atoms with van der Waals surface area (Å²) in [6, 6.07) is 7.59. The molecule has 136 valence electrons. The minimum atomic E-state index is 0.0149. The highest BCUT2D eigenvalue weighted by Crippen LogP contribution is 2.31. The lowest BCUT2D eigenvalue weighted by Crippen LogP contribution is -2.24. The van der Waals surface area contributed by atoms with Gasteiger partial charge in [-0.25, -0.2) is 4.98 Å². The third-order valence-electron chi connectivity index (χ3n) is 3.82. The smallest absolute Gasteiger partial charge is 0.221 e. The van der Waals surface area contributed by atoms with Crippen LogP contribution in [0.5, 0.6) is 11.6 Å². The zero-order valence-corrected chi connectivity index (χ0v) is 16.7. The van der Waals surface area contributed by atoms with Crippen molar-refractivity contribution in [2.45, 2.75) is 33.2 Å². The van der Waals surface area contributed by atoms with E-state index in [1.165, 1.54) is 0 Å². The topological polar surface area (TPSA) is 54.4 Å². The zero-order chi connectivity index (χ0) is 18.4. The number of aromatic nitrogens is 1. The molecule has 0 aliphatic rings. The number of aliphatic hydroxyl groups is 1. The largest absolute Gasteiger partial charge is 0.438 e. The van der Waals surface area contributed by atoms with E-state index in [4.69, 9.17) is 16.3 Å². The summed E-state index contributed by atoms with van der Waals surface area (Å²) < 4.78 is 6.04. The molecule has 0 saturated carbocycles. The van der Waals surface area contributed by atoms with E-state index in [1.807, 2.05) is 45.0 Å². The van der Waals surface area contributed by atoms with Gasteiger partial charge in [0.2, 0.25) is 5.88 Å². The van der Waals surface area contributed by atoms with E-state index in [1.54, 1.807) is 11.8 Å². The van der Waals surface area contributed by atoms with E-state index in [2.05, 4.69) is 16.6 Å². The number of pyridine rings is 1. The lowest BCUT2D eigenvalue weighted by atomic mass is 10.1. The molecule has 2 N–H and O–H groups in total. The molecule has 0 amide bonds. The third-order valence-corrected chi connectivity index (χ3v) is 4.69. The van der Waals surface area contributed by atoms with Crippen molar-refractivity contribution in [1.29, 1.82) is 0 Å². The summed E-state index contributed by atoms with van der Waals surface area (Å²) in [5, 5.41) is 13.6. The van der Waals surface area contributed by atoms with Crippen molar-refractivity contribution in [2.75, 3.05) is 23.9 Å². The molecule has 1 heterocycles. The number of nitrogens with zero attached hydrogens (tertiary/aromatic N) is 1. The van der Waals surface area contributed by atoms with Crippen LogP contribution in [0.25, 0.3) is 0 Å². The van der Waals surface area contributed by atoms with Crippen LogP contribution in [0.3, 0.4) is 0 Å². The first-order valence-electron chi connectivity index (χ1n) is 8.22. The normalized spacial score (nSPS) is 12.1. The van der Waals surface area contributed by atoms with Crippen LogP contribution in [0.1, 0.15) is 23.2 Å². The molecule has 0 aliphatic carbocycles. The van der Waals surface area contributed by atoms with Crippen molar-refractivity contribution in [3.05, 3.63) is 46.1 Å². The fourth-order valence-corrected chi connectivity index (χ4v) is 3.49. The Balaban J connectivity index is 2.21. The minimum absolute atomic E-state index is 0.0149. The number of thioether (sulfide) groups is 1. The van der Waals surface area contributed by atoms with Crippen molar-refractivity contribution in [3.63, 3.8) is 0 Å². The molecule has 1 atom stereocenters. The fourth-order valence-electron chi connectivity index (χ4n) is 2.64. The van der Waals surface area contributed by atoms with E-state index in [0.717, 1.165) is 40.4 Å². The Bertz CT molecular complexity index is 702. The monoisotopic (exact) mass is 380 g/mol. The molecule has 2 rings (SSSR count). The average Bonchev–Trinajstić information content (AvgIpc) is 2.54. The number of hydrogen-bond donors (Lipinski definition) is 2. The Morgan fingerprint density at radius 1 is 1.20 bits per heavy atom. The second kappa shape index (κ2) is 9.32. The number of aryl methyl sites for hydroxylation is 3. The fraction of sp³-hybridized carbons (Fsp3) is 0.421. The molecule has 0 radical (unpaired) electrons. The van der Waals surface area contributed by atoms with Crippen LogP contribution < -0.4 is 10.1 Å². The standard InChI is InChI=1S/C19H25ClN2O2S/c1-12-7-15(20)8-13(2)19(12)24-18-10-17(9-14(3)21-18)22-16(11-23)5-6-25-4/h7-10,16,23H,5-6,11H2,1-4H3,(H,21,22). The lowest BCUT2D eigenvalue weighted by Gasteiger charge is -2.18. The van der Waals surface area contributed by atoms with Crippen molar-refractivity contribution < 1.29 is 9.84 Å². The van der Waals surface area contributed by atoms with Gasteiger partial charge in [-0.3, -0.25) is 0 Å². The maximum atomic E-state index is 9.56. The molecule has 1 unspecified atom stereocenters. The number of nitrogens with one attached hydrogen (secondary N) is 1. The molecule has 0 spiro atoms. The highest BCUT2D eigenvalue weighted by atomic mass is 35.5. The summed E-state index contributed by atoms with van der Waals surface area (Å²) in [6.45, 7) is 5.95. The number of aliphatic hydroxyl groups excluding tert-OH is 1. The molecule has 1 aromatic carbocycles. The predicted octanol–water partition coefficient (Wildman–Crippen LogP) is 4.98. The van der Waals surface area contributed by atoms with Crippen molar-refractivity contribution in [3.8, 4) is 11.6 Å². The van der Waals surface area contributed by atoms with Gasteiger partial charge >= 0.3 is 0 Å². The summed E-state index contributed by atoms with van der Waals surface area (Å²) in [7, 11) is 0. The molecule has 0 bridgehead atoms. The number of ether oxygens (including phenoxy) is 1. The first-order chi connectivity index (χ1) is 11.9. The average molecular weight is 381 g/mol. The van der Waals surface area contributed by atoms with Crippen LogP contribution in [0.4, 0.5) is 5.69 Å². The SMILES string of the molecule is CSCCC(CO)Nc1cc(C)nc(Oc2c(C)cc(Cl)cc2C)c1. The van der Waals surface area contributed by atoms with Gasteiger partial charge in [0, 0.05) is 28.5 Å². The third kappa shape index (κ3) is 5.80. The molecular weight excluding hydrogens is 356 g/mol. The lowest BCUT2D eigenvalue weighted by molar-refractivity contribution is 0.272. The van der Waals surface area contributed by atoms with E-state index >= 15 is 0 Å². The predicted molar refractivity (Wildman–Crippen MR) is 107 cm³/mol. The van der Waals surface area contributed by atoms with Crippen LogP contribution in [-0.4, -0.2) is 34.7 Å². The number of anilines is 1. The first kappa shape index (κ1) is 19.9. The summed E-state index contributed by atoms with van der Waals surface area (Å²) in [5.41, 5.74) is 3.68. The van der Waals surface area contributed by atoms with Crippen molar-refractivity contribution >= 4 is 29.1 Å². The van der Waals surface area contributed by atoms with Crippen LogP contribution in [0.2, 0.25) is 5.02 Å². The maximum absolute atomic E-state index is 9.56. The Hall–Kier alpha value is -1.43. The van der Waals surface area contributed by atoms with Crippen LogP contribution in [0.15, 0.2) is 24.3 Å². The molecule has 0 aliphatic heterocycles. The quantitative estimate of drug-likeness (QED) is 0.676. The molecular formula is C19H25ClN2O2S. The molecule has 1 aromatic heterocycles. The number of rotatable bonds is 8. The Labute approximate surface area is 159 Å². The van der Waals surface area contributed by atoms with Crippen LogP contribution in [-0.2, 0) is 0 Å². The van der Waals surface area contributed by atoms with Gasteiger partial charge in [0.25, 0.3) is 0 Å². The van der Waals surface area contributed by atoms with Gasteiger partial charge in [-0.2, -0.15) is 11.8 Å². The number of hydrogen-bond acceptors (Lipinski definition) is 5. The Kier molecular flexibility index (Phi) is 7.41. The van der Waals surface area contributed by atoms with Gasteiger partial charge in [0.1, 0.15) is 5.75 Å². The van der Waals surface area contributed by atoms with Crippen molar-refractivity contribution in [1.82, 2.24) is 4.98 Å². The molecule has 4 nitrogen and oxygen atoms in total. The summed E-state index contributed by atoms with van der Waals surface area (Å²) >= 11 is 7.85. The number of halogens is 1.